The average molecular weight is 278 g/mol. The molecule has 1 heterocycles. The van der Waals surface area contributed by atoms with Crippen LogP contribution >= 0.6 is 0 Å². The van der Waals surface area contributed by atoms with Crippen molar-refractivity contribution in [3.05, 3.63) is 24.3 Å². The van der Waals surface area contributed by atoms with Crippen LogP contribution in [0.3, 0.4) is 0 Å². The summed E-state index contributed by atoms with van der Waals surface area (Å²) >= 11 is 0. The van der Waals surface area contributed by atoms with Gasteiger partial charge in [-0.3, -0.25) is 4.79 Å². The Labute approximate surface area is 119 Å². The van der Waals surface area contributed by atoms with E-state index in [0.717, 1.165) is 25.9 Å². The summed E-state index contributed by atoms with van der Waals surface area (Å²) in [6, 6.07) is 7.38. The summed E-state index contributed by atoms with van der Waals surface area (Å²) in [6.45, 7) is 1.63. The van der Waals surface area contributed by atoms with Crippen molar-refractivity contribution in [3.63, 3.8) is 0 Å². The maximum absolute atomic E-state index is 12.0. The van der Waals surface area contributed by atoms with Crippen LogP contribution < -0.4 is 15.8 Å². The molecule has 0 spiro atoms. The van der Waals surface area contributed by atoms with Gasteiger partial charge in [-0.25, -0.2) is 0 Å². The summed E-state index contributed by atoms with van der Waals surface area (Å²) in [5.74, 6) is 0.608. The van der Waals surface area contributed by atoms with Gasteiger partial charge in [0.25, 0.3) is 0 Å². The van der Waals surface area contributed by atoms with Crippen LogP contribution in [0.4, 0.5) is 5.69 Å². The van der Waals surface area contributed by atoms with Gasteiger partial charge in [0.15, 0.2) is 0 Å². The van der Waals surface area contributed by atoms with Gasteiger partial charge in [-0.15, -0.1) is 0 Å². The zero-order chi connectivity index (χ0) is 14.2. The second kappa shape index (κ2) is 7.87. The van der Waals surface area contributed by atoms with Crippen LogP contribution in [0.1, 0.15) is 25.7 Å². The minimum absolute atomic E-state index is 0.0410. The standard InChI is InChI=1S/C15H22N2O3/c16-8-10-20-14-7-2-1-6-13(14)17-15(18)11-12-5-3-4-9-19-12/h1-2,6-7,12H,3-5,8-11,16H2,(H,17,18). The Bertz CT molecular complexity index is 431. The Morgan fingerprint density at radius 1 is 1.40 bits per heavy atom. The van der Waals surface area contributed by atoms with E-state index in [0.29, 0.717) is 31.0 Å². The van der Waals surface area contributed by atoms with E-state index >= 15 is 0 Å². The molecule has 0 radical (unpaired) electrons. The molecule has 1 aliphatic rings. The fraction of sp³-hybridized carbons (Fsp3) is 0.533. The normalized spacial score (nSPS) is 18.6. The van der Waals surface area contributed by atoms with Gasteiger partial charge in [-0.1, -0.05) is 12.1 Å². The quantitative estimate of drug-likeness (QED) is 0.833. The van der Waals surface area contributed by atoms with Crippen molar-refractivity contribution in [1.29, 1.82) is 0 Å². The van der Waals surface area contributed by atoms with Crippen molar-refractivity contribution in [2.75, 3.05) is 25.1 Å². The first-order valence-corrected chi connectivity index (χ1v) is 7.13. The van der Waals surface area contributed by atoms with Crippen LogP contribution in [0.2, 0.25) is 0 Å². The van der Waals surface area contributed by atoms with Gasteiger partial charge in [-0.05, 0) is 31.4 Å². The van der Waals surface area contributed by atoms with Crippen LogP contribution in [0.5, 0.6) is 5.75 Å². The van der Waals surface area contributed by atoms with Crippen LogP contribution in [0, 0.1) is 0 Å². The Morgan fingerprint density at radius 2 is 2.25 bits per heavy atom. The molecule has 1 saturated heterocycles. The maximum atomic E-state index is 12.0. The number of nitrogens with one attached hydrogen (secondary N) is 1. The number of carbonyl (C=O) groups is 1. The third-order valence-electron chi connectivity index (χ3n) is 3.22. The Hall–Kier alpha value is -1.59. The molecule has 5 nitrogen and oxygen atoms in total. The Morgan fingerprint density at radius 3 is 3.00 bits per heavy atom. The van der Waals surface area contributed by atoms with E-state index in [4.69, 9.17) is 15.2 Å². The van der Waals surface area contributed by atoms with Gasteiger partial charge in [-0.2, -0.15) is 0 Å². The molecule has 110 valence electrons. The number of amides is 1. The highest BCUT2D eigenvalue weighted by molar-refractivity contribution is 5.92. The van der Waals surface area contributed by atoms with E-state index in [1.54, 1.807) is 0 Å². The van der Waals surface area contributed by atoms with E-state index in [1.807, 2.05) is 24.3 Å². The molecule has 1 aromatic rings. The topological polar surface area (TPSA) is 73.6 Å². The molecule has 1 fully saturated rings. The molecule has 0 saturated carbocycles. The third-order valence-corrected chi connectivity index (χ3v) is 3.22. The van der Waals surface area contributed by atoms with Crippen molar-refractivity contribution < 1.29 is 14.3 Å². The summed E-state index contributed by atoms with van der Waals surface area (Å²) < 4.78 is 11.1. The van der Waals surface area contributed by atoms with Gasteiger partial charge >= 0.3 is 0 Å². The minimum atomic E-state index is -0.0410. The zero-order valence-corrected chi connectivity index (χ0v) is 11.6. The van der Waals surface area contributed by atoms with Crippen molar-refractivity contribution in [2.24, 2.45) is 5.73 Å². The number of hydrogen-bond acceptors (Lipinski definition) is 4. The lowest BCUT2D eigenvalue weighted by atomic mass is 10.1. The molecule has 20 heavy (non-hydrogen) atoms. The van der Waals surface area contributed by atoms with Crippen molar-refractivity contribution >= 4 is 11.6 Å². The van der Waals surface area contributed by atoms with Crippen LogP contribution in [0.15, 0.2) is 24.3 Å². The molecule has 1 amide bonds. The molecule has 0 aromatic heterocycles. The van der Waals surface area contributed by atoms with Crippen LogP contribution in [-0.4, -0.2) is 31.8 Å². The molecule has 3 N–H and O–H groups in total. The first-order chi connectivity index (χ1) is 9.79. The number of rotatable bonds is 6. The fourth-order valence-corrected chi connectivity index (χ4v) is 2.24. The molecule has 1 aliphatic heterocycles. The predicted molar refractivity (Wildman–Crippen MR) is 77.8 cm³/mol. The monoisotopic (exact) mass is 278 g/mol. The lowest BCUT2D eigenvalue weighted by Gasteiger charge is -2.22. The van der Waals surface area contributed by atoms with Crippen molar-refractivity contribution in [3.8, 4) is 5.75 Å². The summed E-state index contributed by atoms with van der Waals surface area (Å²) in [7, 11) is 0. The van der Waals surface area contributed by atoms with Gasteiger partial charge in [0.1, 0.15) is 12.4 Å². The smallest absolute Gasteiger partial charge is 0.227 e. The van der Waals surface area contributed by atoms with E-state index in [2.05, 4.69) is 5.32 Å². The van der Waals surface area contributed by atoms with Crippen LogP contribution in [0.25, 0.3) is 0 Å². The van der Waals surface area contributed by atoms with Crippen LogP contribution in [-0.2, 0) is 9.53 Å². The highest BCUT2D eigenvalue weighted by Gasteiger charge is 2.18. The maximum Gasteiger partial charge on any atom is 0.227 e. The number of nitrogens with two attached hydrogens (primary N) is 1. The summed E-state index contributed by atoms with van der Waals surface area (Å²) in [4.78, 5) is 12.0. The number of anilines is 1. The lowest BCUT2D eigenvalue weighted by molar-refractivity contribution is -0.119. The number of hydrogen-bond donors (Lipinski definition) is 2. The predicted octanol–water partition coefficient (Wildman–Crippen LogP) is 1.92. The van der Waals surface area contributed by atoms with Gasteiger partial charge < -0.3 is 20.5 Å². The Balaban J connectivity index is 1.89. The van der Waals surface area contributed by atoms with Crippen molar-refractivity contribution in [1.82, 2.24) is 0 Å². The van der Waals surface area contributed by atoms with E-state index in [1.165, 1.54) is 0 Å². The summed E-state index contributed by atoms with van der Waals surface area (Å²) in [5.41, 5.74) is 6.10. The van der Waals surface area contributed by atoms with Gasteiger partial charge in [0.05, 0.1) is 18.2 Å². The lowest BCUT2D eigenvalue weighted by Crippen LogP contribution is -2.25. The van der Waals surface area contributed by atoms with E-state index in [-0.39, 0.29) is 12.0 Å². The van der Waals surface area contributed by atoms with Gasteiger partial charge in [0, 0.05) is 13.2 Å². The molecule has 0 aliphatic carbocycles. The molecule has 5 heteroatoms. The number of benzene rings is 1. The number of para-hydroxylation sites is 2. The first-order valence-electron chi connectivity index (χ1n) is 7.13. The minimum Gasteiger partial charge on any atom is -0.490 e. The second-order valence-electron chi connectivity index (χ2n) is 4.87. The number of carbonyl (C=O) groups excluding carboxylic acids is 1. The fourth-order valence-electron chi connectivity index (χ4n) is 2.24. The molecule has 1 aromatic carbocycles. The van der Waals surface area contributed by atoms with E-state index in [9.17, 15) is 4.79 Å². The molecular weight excluding hydrogens is 256 g/mol. The first kappa shape index (κ1) is 14.8. The Kier molecular flexibility index (Phi) is 5.83. The highest BCUT2D eigenvalue weighted by Crippen LogP contribution is 2.24. The molecule has 1 unspecified atom stereocenters. The molecule has 0 bridgehead atoms. The zero-order valence-electron chi connectivity index (χ0n) is 11.6. The molecule has 2 rings (SSSR count). The summed E-state index contributed by atoms with van der Waals surface area (Å²) in [5, 5.41) is 2.88. The SMILES string of the molecule is NCCOc1ccccc1NC(=O)CC1CCCCO1. The number of ether oxygens (including phenoxy) is 2. The van der Waals surface area contributed by atoms with Crippen molar-refractivity contribution in [2.45, 2.75) is 31.8 Å². The second-order valence-corrected chi connectivity index (χ2v) is 4.87. The van der Waals surface area contributed by atoms with E-state index < -0.39 is 0 Å². The molecule has 1 atom stereocenters. The third kappa shape index (κ3) is 4.51. The van der Waals surface area contributed by atoms with Gasteiger partial charge in [0.2, 0.25) is 5.91 Å². The average Bonchev–Trinajstić information content (AvgIpc) is 2.47. The largest absolute Gasteiger partial charge is 0.490 e. The highest BCUT2D eigenvalue weighted by atomic mass is 16.5. The summed E-state index contributed by atoms with van der Waals surface area (Å²) in [6.07, 6.45) is 3.62. The molecular formula is C15H22N2O3.